The van der Waals surface area contributed by atoms with E-state index in [4.69, 9.17) is 0 Å². The predicted octanol–water partition coefficient (Wildman–Crippen LogP) is 2.71. The van der Waals surface area contributed by atoms with E-state index in [1.54, 1.807) is 30.3 Å². The molecule has 6 nitrogen and oxygen atoms in total. The minimum atomic E-state index is -3.70. The zero-order chi connectivity index (χ0) is 19.3. The minimum absolute atomic E-state index is 0.175. The third-order valence-corrected chi connectivity index (χ3v) is 5.05. The molecule has 0 aliphatic rings. The zero-order valence-electron chi connectivity index (χ0n) is 15.0. The lowest BCUT2D eigenvalue weighted by Crippen LogP contribution is -2.42. The van der Waals surface area contributed by atoms with Crippen molar-refractivity contribution in [3.63, 3.8) is 0 Å². The Balaban J connectivity index is 2.36. The van der Waals surface area contributed by atoms with Crippen molar-refractivity contribution in [3.8, 4) is 0 Å². The second-order valence-electron chi connectivity index (χ2n) is 5.85. The molecule has 0 unspecified atom stereocenters. The first-order valence-corrected chi connectivity index (χ1v) is 10.0. The largest absolute Gasteiger partial charge is 0.311 e. The Hall–Kier alpha value is -2.67. The van der Waals surface area contributed by atoms with Gasteiger partial charge in [0.25, 0.3) is 0 Å². The van der Waals surface area contributed by atoms with Crippen LogP contribution in [0.25, 0.3) is 0 Å². The average Bonchev–Trinajstić information content (AvgIpc) is 2.60. The molecule has 26 heavy (non-hydrogen) atoms. The maximum absolute atomic E-state index is 12.8. The van der Waals surface area contributed by atoms with E-state index in [0.717, 1.165) is 10.6 Å². The number of rotatable bonds is 7. The van der Waals surface area contributed by atoms with Crippen molar-refractivity contribution in [3.05, 3.63) is 60.2 Å². The molecule has 0 fully saturated rings. The number of Topliss-reactive ketones (excluding diaryl/α,β-unsaturated/α-hetero) is 1. The second-order valence-corrected chi connectivity index (χ2v) is 7.76. The lowest BCUT2D eigenvalue weighted by atomic mass is 10.1. The minimum Gasteiger partial charge on any atom is -0.311 e. The van der Waals surface area contributed by atoms with Gasteiger partial charge in [0, 0.05) is 17.8 Å². The van der Waals surface area contributed by atoms with Crippen LogP contribution in [0, 0.1) is 0 Å². The number of ketones is 1. The monoisotopic (exact) mass is 374 g/mol. The standard InChI is InChI=1S/C19H22N2O4S/c1-4-20(17-10-6-5-7-11-17)19(23)14-21(26(3,24)25)18-12-8-9-16(13-18)15(2)22/h5-13H,4,14H2,1-3H3. The Morgan fingerprint density at radius 3 is 2.12 bits per heavy atom. The van der Waals surface area contributed by atoms with Crippen LogP contribution in [0.5, 0.6) is 0 Å². The molecule has 138 valence electrons. The number of carbonyl (C=O) groups is 2. The van der Waals surface area contributed by atoms with E-state index in [-0.39, 0.29) is 23.9 Å². The van der Waals surface area contributed by atoms with Crippen molar-refractivity contribution in [2.24, 2.45) is 0 Å². The fourth-order valence-electron chi connectivity index (χ4n) is 2.60. The number of para-hydroxylation sites is 1. The number of carbonyl (C=O) groups excluding carboxylic acids is 2. The number of benzene rings is 2. The van der Waals surface area contributed by atoms with Crippen molar-refractivity contribution in [1.29, 1.82) is 0 Å². The van der Waals surface area contributed by atoms with E-state index in [9.17, 15) is 18.0 Å². The number of hydrogen-bond acceptors (Lipinski definition) is 4. The van der Waals surface area contributed by atoms with Crippen LogP contribution in [-0.4, -0.2) is 39.5 Å². The van der Waals surface area contributed by atoms with Gasteiger partial charge in [-0.1, -0.05) is 30.3 Å². The summed E-state index contributed by atoms with van der Waals surface area (Å²) in [4.78, 5) is 25.9. The van der Waals surface area contributed by atoms with Crippen LogP contribution in [0.3, 0.4) is 0 Å². The highest BCUT2D eigenvalue weighted by molar-refractivity contribution is 7.92. The first kappa shape index (κ1) is 19.7. The molecule has 2 rings (SSSR count). The molecule has 0 spiro atoms. The maximum atomic E-state index is 12.8. The van der Waals surface area contributed by atoms with Crippen molar-refractivity contribution in [1.82, 2.24) is 0 Å². The molecule has 0 saturated heterocycles. The summed E-state index contributed by atoms with van der Waals surface area (Å²) in [5.74, 6) is -0.525. The molecule has 0 heterocycles. The molecule has 7 heteroatoms. The van der Waals surface area contributed by atoms with Gasteiger partial charge < -0.3 is 4.90 Å². The highest BCUT2D eigenvalue weighted by Crippen LogP contribution is 2.21. The molecule has 0 atom stereocenters. The van der Waals surface area contributed by atoms with Gasteiger partial charge in [-0.15, -0.1) is 0 Å². The van der Waals surface area contributed by atoms with Crippen LogP contribution in [-0.2, 0) is 14.8 Å². The molecule has 2 aromatic carbocycles. The van der Waals surface area contributed by atoms with Crippen LogP contribution in [0.15, 0.2) is 54.6 Å². The lowest BCUT2D eigenvalue weighted by Gasteiger charge is -2.27. The summed E-state index contributed by atoms with van der Waals surface area (Å²) < 4.78 is 25.6. The van der Waals surface area contributed by atoms with Crippen LogP contribution in [0.2, 0.25) is 0 Å². The molecular weight excluding hydrogens is 352 g/mol. The van der Waals surface area contributed by atoms with E-state index >= 15 is 0 Å². The van der Waals surface area contributed by atoms with Gasteiger partial charge >= 0.3 is 0 Å². The number of sulfonamides is 1. The van der Waals surface area contributed by atoms with Crippen molar-refractivity contribution in [2.45, 2.75) is 13.8 Å². The van der Waals surface area contributed by atoms with Gasteiger partial charge in [0.15, 0.2) is 5.78 Å². The van der Waals surface area contributed by atoms with Gasteiger partial charge in [-0.05, 0) is 38.1 Å². The van der Waals surface area contributed by atoms with Gasteiger partial charge in [-0.25, -0.2) is 8.42 Å². The molecular formula is C19H22N2O4S. The van der Waals surface area contributed by atoms with Gasteiger partial charge in [-0.3, -0.25) is 13.9 Å². The van der Waals surface area contributed by atoms with E-state index in [1.807, 2.05) is 25.1 Å². The van der Waals surface area contributed by atoms with Gasteiger partial charge in [-0.2, -0.15) is 0 Å². The zero-order valence-corrected chi connectivity index (χ0v) is 15.9. The summed E-state index contributed by atoms with van der Waals surface area (Å²) in [6.07, 6.45) is 1.04. The Morgan fingerprint density at radius 1 is 0.962 bits per heavy atom. The first-order chi connectivity index (χ1) is 12.2. The Kier molecular flexibility index (Phi) is 6.15. The van der Waals surface area contributed by atoms with Gasteiger partial charge in [0.1, 0.15) is 6.54 Å². The highest BCUT2D eigenvalue weighted by atomic mass is 32.2. The number of likely N-dealkylation sites (N-methyl/N-ethyl adjacent to an activating group) is 1. The normalized spacial score (nSPS) is 11.0. The SMILES string of the molecule is CCN(C(=O)CN(c1cccc(C(C)=O)c1)S(C)(=O)=O)c1ccccc1. The third kappa shape index (κ3) is 4.70. The topological polar surface area (TPSA) is 74.8 Å². The van der Waals surface area contributed by atoms with Gasteiger partial charge in [0.2, 0.25) is 15.9 Å². The molecule has 0 radical (unpaired) electrons. The molecule has 0 aliphatic carbocycles. The molecule has 0 aromatic heterocycles. The summed E-state index contributed by atoms with van der Waals surface area (Å²) >= 11 is 0. The first-order valence-electron chi connectivity index (χ1n) is 8.18. The molecule has 0 aliphatic heterocycles. The predicted molar refractivity (Wildman–Crippen MR) is 103 cm³/mol. The summed E-state index contributed by atoms with van der Waals surface area (Å²) in [6.45, 7) is 3.30. The van der Waals surface area contributed by atoms with E-state index < -0.39 is 10.0 Å². The van der Waals surface area contributed by atoms with Crippen molar-refractivity contribution >= 4 is 33.1 Å². The summed E-state index contributed by atoms with van der Waals surface area (Å²) in [6, 6.07) is 15.3. The van der Waals surface area contributed by atoms with Gasteiger partial charge in [0.05, 0.1) is 11.9 Å². The quantitative estimate of drug-likeness (QED) is 0.699. The summed E-state index contributed by atoms with van der Waals surface area (Å²) in [7, 11) is -3.70. The number of anilines is 2. The van der Waals surface area contributed by atoms with E-state index in [1.165, 1.54) is 17.9 Å². The Bertz CT molecular complexity index is 895. The smallest absolute Gasteiger partial charge is 0.247 e. The fraction of sp³-hybridized carbons (Fsp3) is 0.263. The maximum Gasteiger partial charge on any atom is 0.247 e. The fourth-order valence-corrected chi connectivity index (χ4v) is 3.44. The van der Waals surface area contributed by atoms with E-state index in [2.05, 4.69) is 0 Å². The molecule has 2 aromatic rings. The second kappa shape index (κ2) is 8.14. The molecule has 1 amide bonds. The average molecular weight is 374 g/mol. The number of nitrogens with zero attached hydrogens (tertiary/aromatic N) is 2. The molecule has 0 saturated carbocycles. The summed E-state index contributed by atoms with van der Waals surface area (Å²) in [5.41, 5.74) is 1.38. The van der Waals surface area contributed by atoms with Crippen molar-refractivity contribution in [2.75, 3.05) is 28.6 Å². The highest BCUT2D eigenvalue weighted by Gasteiger charge is 2.24. The van der Waals surface area contributed by atoms with Crippen LogP contribution >= 0.6 is 0 Å². The van der Waals surface area contributed by atoms with E-state index in [0.29, 0.717) is 17.8 Å². The lowest BCUT2D eigenvalue weighted by molar-refractivity contribution is -0.117. The number of hydrogen-bond donors (Lipinski definition) is 0. The number of amides is 1. The van der Waals surface area contributed by atoms with Crippen LogP contribution in [0.4, 0.5) is 11.4 Å². The van der Waals surface area contributed by atoms with Crippen LogP contribution in [0.1, 0.15) is 24.2 Å². The van der Waals surface area contributed by atoms with Crippen LogP contribution < -0.4 is 9.21 Å². The Labute approximate surface area is 154 Å². The summed E-state index contributed by atoms with van der Waals surface area (Å²) in [5, 5.41) is 0. The molecule has 0 bridgehead atoms. The third-order valence-electron chi connectivity index (χ3n) is 3.91. The molecule has 0 N–H and O–H groups in total. The Morgan fingerprint density at radius 2 is 1.58 bits per heavy atom. The van der Waals surface area contributed by atoms with Crippen molar-refractivity contribution < 1.29 is 18.0 Å².